The van der Waals surface area contributed by atoms with Crippen LogP contribution in [0.3, 0.4) is 0 Å². The zero-order chi connectivity index (χ0) is 18.8. The predicted molar refractivity (Wildman–Crippen MR) is 113 cm³/mol. The van der Waals surface area contributed by atoms with E-state index >= 15 is 0 Å². The summed E-state index contributed by atoms with van der Waals surface area (Å²) in [7, 11) is 0. The van der Waals surface area contributed by atoms with Crippen molar-refractivity contribution in [2.75, 3.05) is 6.54 Å². The lowest BCUT2D eigenvalue weighted by Crippen LogP contribution is -2.06. The highest BCUT2D eigenvalue weighted by molar-refractivity contribution is 6.30. The van der Waals surface area contributed by atoms with Gasteiger partial charge in [-0.05, 0) is 78.5 Å². The van der Waals surface area contributed by atoms with E-state index in [1.807, 2.05) is 30.5 Å². The molecule has 0 saturated carbocycles. The first kappa shape index (κ1) is 17.7. The summed E-state index contributed by atoms with van der Waals surface area (Å²) in [4.78, 5) is 9.12. The molecule has 0 atom stereocenters. The molecule has 0 unspecified atom stereocenters. The molecule has 0 aliphatic heterocycles. The highest BCUT2D eigenvalue weighted by atomic mass is 35.5. The van der Waals surface area contributed by atoms with Crippen LogP contribution in [0.4, 0.5) is 0 Å². The number of pyridine rings is 2. The monoisotopic (exact) mass is 373 g/mol. The van der Waals surface area contributed by atoms with Crippen LogP contribution < -0.4 is 5.73 Å². The molecule has 2 aromatic carbocycles. The van der Waals surface area contributed by atoms with Gasteiger partial charge in [-0.25, -0.2) is 4.98 Å². The lowest BCUT2D eigenvalue weighted by atomic mass is 9.90. The van der Waals surface area contributed by atoms with Gasteiger partial charge >= 0.3 is 0 Å². The van der Waals surface area contributed by atoms with Crippen LogP contribution in [0.25, 0.3) is 33.3 Å². The number of halogens is 1. The van der Waals surface area contributed by atoms with Gasteiger partial charge in [0, 0.05) is 28.4 Å². The van der Waals surface area contributed by atoms with E-state index in [0.717, 1.165) is 39.2 Å². The zero-order valence-electron chi connectivity index (χ0n) is 15.1. The molecular formula is C23H20ClN3. The molecule has 0 fully saturated rings. The molecule has 2 heterocycles. The minimum absolute atomic E-state index is 0.605. The maximum atomic E-state index is 6.10. The molecule has 0 amide bonds. The predicted octanol–water partition coefficient (Wildman–Crippen LogP) is 5.43. The van der Waals surface area contributed by atoms with E-state index < -0.39 is 0 Å². The fourth-order valence-electron chi connectivity index (χ4n) is 3.54. The maximum Gasteiger partial charge on any atom is 0.0725 e. The average Bonchev–Trinajstić information content (AvgIpc) is 2.70. The van der Waals surface area contributed by atoms with E-state index in [9.17, 15) is 0 Å². The fourth-order valence-corrected chi connectivity index (χ4v) is 3.66. The fraction of sp³-hybridized carbons (Fsp3) is 0.130. The zero-order valence-corrected chi connectivity index (χ0v) is 15.9. The Morgan fingerprint density at radius 1 is 1.00 bits per heavy atom. The van der Waals surface area contributed by atoms with Gasteiger partial charge < -0.3 is 5.73 Å². The molecule has 2 N–H and O–H groups in total. The summed E-state index contributed by atoms with van der Waals surface area (Å²) in [6, 6.07) is 18.3. The van der Waals surface area contributed by atoms with Crippen LogP contribution in [0.1, 0.15) is 11.1 Å². The molecule has 0 aliphatic rings. The van der Waals surface area contributed by atoms with Crippen molar-refractivity contribution in [1.82, 2.24) is 9.97 Å². The molecule has 4 aromatic rings. The third-order valence-electron chi connectivity index (χ3n) is 4.81. The van der Waals surface area contributed by atoms with Crippen molar-refractivity contribution in [1.29, 1.82) is 0 Å². The Hall–Kier alpha value is -2.75. The van der Waals surface area contributed by atoms with E-state index in [4.69, 9.17) is 22.3 Å². The Bertz CT molecular complexity index is 1090. The minimum atomic E-state index is 0.605. The maximum absolute atomic E-state index is 6.10. The minimum Gasteiger partial charge on any atom is -0.330 e. The third kappa shape index (κ3) is 3.44. The summed E-state index contributed by atoms with van der Waals surface area (Å²) >= 11 is 6.10. The van der Waals surface area contributed by atoms with Gasteiger partial charge in [0.25, 0.3) is 0 Å². The van der Waals surface area contributed by atoms with E-state index in [1.165, 1.54) is 16.7 Å². The van der Waals surface area contributed by atoms with Crippen LogP contribution >= 0.6 is 11.6 Å². The highest BCUT2D eigenvalue weighted by Gasteiger charge is 2.14. The third-order valence-corrected chi connectivity index (χ3v) is 5.06. The van der Waals surface area contributed by atoms with Gasteiger partial charge in [-0.2, -0.15) is 0 Å². The molecule has 27 heavy (non-hydrogen) atoms. The van der Waals surface area contributed by atoms with E-state index in [-0.39, 0.29) is 0 Å². The Labute approximate surface area is 163 Å². The largest absolute Gasteiger partial charge is 0.330 e. The van der Waals surface area contributed by atoms with Gasteiger partial charge in [-0.15, -0.1) is 0 Å². The summed E-state index contributed by atoms with van der Waals surface area (Å²) in [5.41, 5.74) is 13.6. The molecule has 0 radical (unpaired) electrons. The molecule has 134 valence electrons. The molecule has 3 nitrogen and oxygen atoms in total. The lowest BCUT2D eigenvalue weighted by Gasteiger charge is -2.17. The normalized spacial score (nSPS) is 11.1. The number of fused-ring (bicyclic) bond motifs is 1. The molecule has 0 spiro atoms. The molecular weight excluding hydrogens is 354 g/mol. The Morgan fingerprint density at radius 3 is 2.52 bits per heavy atom. The van der Waals surface area contributed by atoms with Gasteiger partial charge in [-0.1, -0.05) is 29.8 Å². The number of benzene rings is 2. The SMILES string of the molecule is Cc1cc2nc(-c3cccnc3)ccc2c(-c2ccc(Cl)cc2)c1CCN. The van der Waals surface area contributed by atoms with Crippen LogP contribution in [0.5, 0.6) is 0 Å². The molecule has 4 rings (SSSR count). The summed E-state index contributed by atoms with van der Waals surface area (Å²) < 4.78 is 0. The van der Waals surface area contributed by atoms with Crippen LogP contribution in [-0.4, -0.2) is 16.5 Å². The number of hydrogen-bond acceptors (Lipinski definition) is 3. The quantitative estimate of drug-likeness (QED) is 0.519. The van der Waals surface area contributed by atoms with E-state index in [1.54, 1.807) is 6.20 Å². The van der Waals surface area contributed by atoms with Crippen molar-refractivity contribution in [2.45, 2.75) is 13.3 Å². The first-order chi connectivity index (χ1) is 13.2. The molecule has 0 saturated heterocycles. The van der Waals surface area contributed by atoms with E-state index in [0.29, 0.717) is 6.54 Å². The number of nitrogens with zero attached hydrogens (tertiary/aromatic N) is 2. The van der Waals surface area contributed by atoms with Gasteiger partial charge in [0.15, 0.2) is 0 Å². The van der Waals surface area contributed by atoms with Crippen molar-refractivity contribution in [3.8, 4) is 22.4 Å². The van der Waals surface area contributed by atoms with Gasteiger partial charge in [-0.3, -0.25) is 4.98 Å². The second-order valence-electron chi connectivity index (χ2n) is 6.60. The van der Waals surface area contributed by atoms with Crippen molar-refractivity contribution in [3.05, 3.63) is 83.1 Å². The van der Waals surface area contributed by atoms with Gasteiger partial charge in [0.1, 0.15) is 0 Å². The molecule has 2 aromatic heterocycles. The highest BCUT2D eigenvalue weighted by Crippen LogP contribution is 2.35. The second kappa shape index (κ2) is 7.47. The number of aromatic nitrogens is 2. The van der Waals surface area contributed by atoms with Crippen molar-refractivity contribution in [3.63, 3.8) is 0 Å². The lowest BCUT2D eigenvalue weighted by molar-refractivity contribution is 0.962. The molecule has 0 aliphatic carbocycles. The van der Waals surface area contributed by atoms with Gasteiger partial charge in [0.2, 0.25) is 0 Å². The van der Waals surface area contributed by atoms with Crippen molar-refractivity contribution < 1.29 is 0 Å². The Morgan fingerprint density at radius 2 is 1.81 bits per heavy atom. The first-order valence-electron chi connectivity index (χ1n) is 8.97. The number of nitrogens with two attached hydrogens (primary N) is 1. The summed E-state index contributed by atoms with van der Waals surface area (Å²) in [6.07, 6.45) is 4.43. The topological polar surface area (TPSA) is 51.8 Å². The summed E-state index contributed by atoms with van der Waals surface area (Å²) in [6.45, 7) is 2.73. The van der Waals surface area contributed by atoms with Crippen molar-refractivity contribution >= 4 is 22.5 Å². The van der Waals surface area contributed by atoms with Crippen LogP contribution in [0, 0.1) is 6.92 Å². The van der Waals surface area contributed by atoms with Gasteiger partial charge in [0.05, 0.1) is 11.2 Å². The van der Waals surface area contributed by atoms with Crippen LogP contribution in [0.15, 0.2) is 67.0 Å². The summed E-state index contributed by atoms with van der Waals surface area (Å²) in [5.74, 6) is 0. The standard InChI is InChI=1S/C23H20ClN3/c1-15-13-22-20(8-9-21(27-22)17-3-2-12-26-14-17)23(19(15)10-11-25)16-4-6-18(24)7-5-16/h2-9,12-14H,10-11,25H2,1H3. The number of aryl methyl sites for hydroxylation is 1. The Balaban J connectivity index is 1.98. The summed E-state index contributed by atoms with van der Waals surface area (Å²) in [5, 5.41) is 1.85. The Kier molecular flexibility index (Phi) is 4.88. The number of rotatable bonds is 4. The van der Waals surface area contributed by atoms with Crippen LogP contribution in [-0.2, 0) is 6.42 Å². The van der Waals surface area contributed by atoms with Crippen molar-refractivity contribution in [2.24, 2.45) is 5.73 Å². The average molecular weight is 374 g/mol. The molecule has 0 bridgehead atoms. The smallest absolute Gasteiger partial charge is 0.0725 e. The van der Waals surface area contributed by atoms with Crippen LogP contribution in [0.2, 0.25) is 5.02 Å². The number of hydrogen-bond donors (Lipinski definition) is 1. The molecule has 4 heteroatoms. The second-order valence-corrected chi connectivity index (χ2v) is 7.03. The van der Waals surface area contributed by atoms with E-state index in [2.05, 4.69) is 42.2 Å². The first-order valence-corrected chi connectivity index (χ1v) is 9.35.